The summed E-state index contributed by atoms with van der Waals surface area (Å²) < 4.78 is 6.94. The van der Waals surface area contributed by atoms with Crippen LogP contribution in [0.15, 0.2) is 30.3 Å². The van der Waals surface area contributed by atoms with Gasteiger partial charge in [-0.25, -0.2) is 0 Å². The highest BCUT2D eigenvalue weighted by Crippen LogP contribution is 2.04. The van der Waals surface area contributed by atoms with Gasteiger partial charge >= 0.3 is 5.97 Å². The van der Waals surface area contributed by atoms with E-state index in [0.29, 0.717) is 0 Å². The predicted octanol–water partition coefficient (Wildman–Crippen LogP) is -1.49. The number of rotatable bonds is 10. The molecular formula is C16H22N4O5. The number of primary amides is 1. The number of hydrogen-bond donors (Lipinski definition) is 5. The van der Waals surface area contributed by atoms with Crippen molar-refractivity contribution in [3.8, 4) is 0 Å². The van der Waals surface area contributed by atoms with Crippen molar-refractivity contribution in [3.05, 3.63) is 35.9 Å². The molecule has 3 amide bonds. The van der Waals surface area contributed by atoms with Crippen molar-refractivity contribution in [2.45, 2.75) is 37.9 Å². The molecule has 7 N–H and O–H groups in total. The van der Waals surface area contributed by atoms with Crippen molar-refractivity contribution in [1.29, 1.82) is 0 Å². The quantitative estimate of drug-likeness (QED) is 0.344. The van der Waals surface area contributed by atoms with E-state index in [9.17, 15) is 19.2 Å². The van der Waals surface area contributed by atoms with Crippen LogP contribution in [0.25, 0.3) is 0 Å². The van der Waals surface area contributed by atoms with E-state index in [1.54, 1.807) is 30.3 Å². The lowest BCUT2D eigenvalue weighted by Gasteiger charge is -2.21. The summed E-state index contributed by atoms with van der Waals surface area (Å²) in [6, 6.07) is 5.39. The Labute approximate surface area is 146 Å². The lowest BCUT2D eigenvalue weighted by atomic mass is 10.0. The summed E-state index contributed by atoms with van der Waals surface area (Å²) in [6.07, 6.45) is -0.556. The van der Waals surface area contributed by atoms with Crippen LogP contribution in [0.5, 0.6) is 0 Å². The minimum absolute atomic E-state index is 0.125. The van der Waals surface area contributed by atoms with Gasteiger partial charge in [-0.3, -0.25) is 19.2 Å². The van der Waals surface area contributed by atoms with Gasteiger partial charge in [0.15, 0.2) is 0 Å². The van der Waals surface area contributed by atoms with Gasteiger partial charge in [0.1, 0.15) is 13.5 Å². The normalized spacial score (nSPS) is 14.5. The highest BCUT2D eigenvalue weighted by molar-refractivity contribution is 5.94. The van der Waals surface area contributed by atoms with Gasteiger partial charge in [-0.05, 0) is 12.5 Å². The molecule has 0 saturated heterocycles. The van der Waals surface area contributed by atoms with E-state index in [4.69, 9.17) is 12.3 Å². The molecule has 0 aromatic heterocycles. The summed E-state index contributed by atoms with van der Waals surface area (Å²) in [6.45, 7) is 1.37. The Kier molecular flexibility index (Phi) is 6.90. The van der Waals surface area contributed by atoms with E-state index >= 15 is 0 Å². The molecule has 3 atom stereocenters. The van der Waals surface area contributed by atoms with Crippen LogP contribution in [0.4, 0.5) is 0 Å². The third-order valence-electron chi connectivity index (χ3n) is 3.35. The fraction of sp³-hybridized carbons (Fsp3) is 0.375. The van der Waals surface area contributed by atoms with Gasteiger partial charge in [0.2, 0.25) is 17.7 Å². The van der Waals surface area contributed by atoms with Crippen LogP contribution in [0.3, 0.4) is 0 Å². The fourth-order valence-electron chi connectivity index (χ4n) is 2.03. The molecule has 0 aliphatic heterocycles. The van der Waals surface area contributed by atoms with Crippen LogP contribution in [-0.4, -0.2) is 46.9 Å². The Morgan fingerprint density at radius 2 is 1.72 bits per heavy atom. The van der Waals surface area contributed by atoms with Crippen molar-refractivity contribution in [1.82, 2.24) is 10.6 Å². The van der Waals surface area contributed by atoms with Gasteiger partial charge in [-0.2, -0.15) is 0 Å². The van der Waals surface area contributed by atoms with Crippen molar-refractivity contribution < 1.29 is 25.7 Å². The Hall–Kier alpha value is -2.94. The second-order valence-corrected chi connectivity index (χ2v) is 5.53. The molecule has 1 aromatic carbocycles. The number of nitrogens with one attached hydrogen (secondary N) is 2. The summed E-state index contributed by atoms with van der Waals surface area (Å²) in [5, 5.41) is 13.6. The highest BCUT2D eigenvalue weighted by atomic mass is 16.4. The number of hydrogen-bond acceptors (Lipinski definition) is 5. The van der Waals surface area contributed by atoms with Gasteiger partial charge in [-0.15, -0.1) is 0 Å². The van der Waals surface area contributed by atoms with Gasteiger partial charge in [-0.1, -0.05) is 30.3 Å². The number of aliphatic carboxylic acids is 1. The minimum atomic E-state index is -1.41. The Morgan fingerprint density at radius 3 is 2.24 bits per heavy atom. The molecule has 0 spiro atoms. The van der Waals surface area contributed by atoms with Gasteiger partial charge in [0, 0.05) is 6.42 Å². The molecule has 0 aliphatic carbocycles. The number of carboxylic acid groups (broad SMARTS) is 1. The molecule has 25 heavy (non-hydrogen) atoms. The maximum atomic E-state index is 12.4. The van der Waals surface area contributed by atoms with E-state index in [1.165, 1.54) is 6.92 Å². The third-order valence-corrected chi connectivity index (χ3v) is 3.35. The minimum Gasteiger partial charge on any atom is -0.481 e. The van der Waals surface area contributed by atoms with Crippen LogP contribution < -0.4 is 22.1 Å². The number of benzene rings is 1. The van der Waals surface area contributed by atoms with E-state index in [0.717, 1.165) is 5.56 Å². The number of nitrogens with two attached hydrogens (primary N) is 2. The van der Waals surface area contributed by atoms with E-state index in [-0.39, 0.29) is 6.42 Å². The van der Waals surface area contributed by atoms with Crippen LogP contribution in [-0.2, 0) is 25.6 Å². The number of carbonyl (C=O) groups excluding carboxylic acids is 3. The van der Waals surface area contributed by atoms with E-state index < -0.39 is 48.2 Å². The first-order chi connectivity index (χ1) is 12.2. The molecule has 0 saturated carbocycles. The standard InChI is InChI=1S/C16H22N4O5/c1-9(17)15(24)20-12(8-13(21)22)16(25)19-11(14(18)23)7-10-5-3-2-4-6-10/h2-6,9,11-12H,7-8,17H2,1H3,(H2,18,23)(H,19,25)(H,20,24)(H,21,22)/t9-,11-,12-/m0/s1/i/hD. The maximum Gasteiger partial charge on any atom is 0.305 e. The van der Waals surface area contributed by atoms with Crippen molar-refractivity contribution in [2.24, 2.45) is 11.5 Å². The van der Waals surface area contributed by atoms with Crippen LogP contribution in [0.1, 0.15) is 18.9 Å². The first-order valence-electron chi connectivity index (χ1n) is 8.07. The van der Waals surface area contributed by atoms with Gasteiger partial charge in [0.25, 0.3) is 0 Å². The molecule has 0 fully saturated rings. The Balaban J connectivity index is 2.85. The highest BCUT2D eigenvalue weighted by Gasteiger charge is 2.28. The average Bonchev–Trinajstić information content (AvgIpc) is 2.60. The fourth-order valence-corrected chi connectivity index (χ4v) is 2.03. The monoisotopic (exact) mass is 351 g/mol. The van der Waals surface area contributed by atoms with Gasteiger partial charge in [0.05, 0.1) is 12.5 Å². The second-order valence-electron chi connectivity index (χ2n) is 5.53. The average molecular weight is 351 g/mol. The first-order valence-corrected chi connectivity index (χ1v) is 7.57. The van der Waals surface area contributed by atoms with Crippen LogP contribution in [0.2, 0.25) is 1.41 Å². The number of carbonyl (C=O) groups is 4. The summed E-state index contributed by atoms with van der Waals surface area (Å²) >= 11 is 0. The third kappa shape index (κ3) is 7.00. The summed E-state index contributed by atoms with van der Waals surface area (Å²) in [4.78, 5) is 46.8. The number of amides is 3. The second kappa shape index (κ2) is 9.38. The molecule has 9 heteroatoms. The molecule has 0 unspecified atom stereocenters. The van der Waals surface area contributed by atoms with Crippen LogP contribution >= 0.6 is 0 Å². The van der Waals surface area contributed by atoms with E-state index in [1.807, 2.05) is 5.73 Å². The predicted molar refractivity (Wildman–Crippen MR) is 89.1 cm³/mol. The zero-order valence-corrected chi connectivity index (χ0v) is 13.7. The summed E-state index contributed by atoms with van der Waals surface area (Å²) in [7, 11) is 0. The lowest BCUT2D eigenvalue weighted by molar-refractivity contribution is -0.141. The summed E-state index contributed by atoms with van der Waals surface area (Å²) in [5.41, 5.74) is 8.00. The topological polar surface area (TPSA) is 165 Å². The summed E-state index contributed by atoms with van der Waals surface area (Å²) in [5.74, 6) is -3.67. The van der Waals surface area contributed by atoms with Crippen molar-refractivity contribution in [3.63, 3.8) is 0 Å². The zero-order chi connectivity index (χ0) is 19.7. The molecule has 0 radical (unpaired) electrons. The largest absolute Gasteiger partial charge is 0.481 e. The Morgan fingerprint density at radius 1 is 1.12 bits per heavy atom. The molecule has 0 aliphatic rings. The molecular weight excluding hydrogens is 328 g/mol. The van der Waals surface area contributed by atoms with Crippen molar-refractivity contribution >= 4 is 23.7 Å². The maximum absolute atomic E-state index is 12.4. The van der Waals surface area contributed by atoms with Crippen molar-refractivity contribution in [2.75, 3.05) is 0 Å². The molecule has 0 heterocycles. The SMILES string of the molecule is [2H]N[C@@H](C)C(=O)N[C@@H](CC(=O)O)C(=O)N[C@@H](Cc1ccccc1)C(N)=O. The first kappa shape index (κ1) is 18.4. The molecule has 136 valence electrons. The smallest absolute Gasteiger partial charge is 0.305 e. The Bertz CT molecular complexity index is 655. The molecule has 1 aromatic rings. The number of carboxylic acids is 1. The lowest BCUT2D eigenvalue weighted by Crippen LogP contribution is -2.55. The molecule has 1 rings (SSSR count). The molecule has 9 nitrogen and oxygen atoms in total. The molecule has 0 bridgehead atoms. The van der Waals surface area contributed by atoms with Crippen LogP contribution in [0, 0.1) is 0 Å². The van der Waals surface area contributed by atoms with Gasteiger partial charge < -0.3 is 27.2 Å². The van der Waals surface area contributed by atoms with E-state index in [2.05, 4.69) is 10.6 Å². The zero-order valence-electron chi connectivity index (χ0n) is 14.7.